The van der Waals surface area contributed by atoms with Gasteiger partial charge in [0, 0.05) is 17.0 Å². The molecule has 0 N–H and O–H groups in total. The maximum absolute atomic E-state index is 2.75. The van der Waals surface area contributed by atoms with E-state index in [2.05, 4.69) is 106 Å². The van der Waals surface area contributed by atoms with Crippen LogP contribution in [-0.4, -0.2) is 0 Å². The lowest BCUT2D eigenvalue weighted by molar-refractivity contribution is -0.733. The van der Waals surface area contributed by atoms with Crippen LogP contribution < -0.4 is 4.57 Å². The van der Waals surface area contributed by atoms with Crippen molar-refractivity contribution in [1.82, 2.24) is 0 Å². The Morgan fingerprint density at radius 1 is 0.842 bits per heavy atom. The molecule has 38 heavy (non-hydrogen) atoms. The summed E-state index contributed by atoms with van der Waals surface area (Å²) < 4.78 is 2.75. The number of hydrogen-bond donors (Lipinski definition) is 0. The lowest BCUT2D eigenvalue weighted by Gasteiger charge is -2.42. The van der Waals surface area contributed by atoms with Gasteiger partial charge in [0.15, 0.2) is 6.20 Å². The molecule has 1 nitrogen and oxygen atoms in total. The molecule has 8 rings (SSSR count). The lowest BCUT2D eigenvalue weighted by atomic mass is 9.61. The molecule has 0 saturated heterocycles. The zero-order chi connectivity index (χ0) is 26.0. The largest absolute Gasteiger partial charge is 0.222 e. The van der Waals surface area contributed by atoms with Crippen LogP contribution in [0, 0.1) is 18.8 Å². The van der Waals surface area contributed by atoms with Crippen molar-refractivity contribution in [1.29, 1.82) is 0 Å². The highest BCUT2D eigenvalue weighted by Gasteiger charge is 2.61. The maximum atomic E-state index is 2.75. The Hall–Kier alpha value is -3.19. The van der Waals surface area contributed by atoms with E-state index >= 15 is 0 Å². The third kappa shape index (κ3) is 2.66. The SMILES string of the molecule is CC1=CC2(c3c4c(cc5ccccc35)C(C)(C)c3cc(C)cc5cc[n+]2c-4c35)C(C2CCCCC2)C(C)=C1. The van der Waals surface area contributed by atoms with Gasteiger partial charge in [-0.15, -0.1) is 0 Å². The van der Waals surface area contributed by atoms with Crippen LogP contribution in [-0.2, 0) is 11.0 Å². The molecule has 2 unspecified atom stereocenters. The fourth-order valence-electron chi connectivity index (χ4n) is 9.29. The van der Waals surface area contributed by atoms with E-state index in [0.29, 0.717) is 11.8 Å². The number of pyridine rings is 1. The minimum Gasteiger partial charge on any atom is -0.183 e. The third-order valence-electron chi connectivity index (χ3n) is 10.6. The van der Waals surface area contributed by atoms with E-state index in [1.165, 1.54) is 87.2 Å². The Morgan fingerprint density at radius 3 is 2.45 bits per heavy atom. The van der Waals surface area contributed by atoms with Crippen LogP contribution in [0.3, 0.4) is 0 Å². The summed E-state index contributed by atoms with van der Waals surface area (Å²) in [7, 11) is 0. The van der Waals surface area contributed by atoms with Gasteiger partial charge in [0.05, 0.1) is 16.9 Å². The normalized spacial score (nSPS) is 25.2. The van der Waals surface area contributed by atoms with Crippen molar-refractivity contribution in [3.8, 4) is 11.3 Å². The summed E-state index contributed by atoms with van der Waals surface area (Å²) in [5.74, 6) is 1.18. The molecule has 1 saturated carbocycles. The molecule has 1 fully saturated rings. The van der Waals surface area contributed by atoms with E-state index in [1.54, 1.807) is 11.1 Å². The molecule has 3 aromatic carbocycles. The number of allylic oxidation sites excluding steroid dienone is 4. The van der Waals surface area contributed by atoms with Crippen LogP contribution in [0.2, 0.25) is 0 Å². The Balaban J connectivity index is 1.61. The zero-order valence-corrected chi connectivity index (χ0v) is 23.5. The molecule has 1 heteroatoms. The van der Waals surface area contributed by atoms with Crippen molar-refractivity contribution >= 4 is 21.5 Å². The molecule has 0 amide bonds. The number of rotatable bonds is 1. The predicted molar refractivity (Wildman–Crippen MR) is 159 cm³/mol. The molecule has 1 aliphatic heterocycles. The van der Waals surface area contributed by atoms with Crippen molar-refractivity contribution < 1.29 is 4.57 Å². The Kier molecular flexibility index (Phi) is 4.47. The van der Waals surface area contributed by atoms with Gasteiger partial charge < -0.3 is 0 Å². The second kappa shape index (κ2) is 7.47. The van der Waals surface area contributed by atoms with Crippen molar-refractivity contribution in [3.05, 3.63) is 100 Å². The lowest BCUT2D eigenvalue weighted by Crippen LogP contribution is -2.61. The van der Waals surface area contributed by atoms with E-state index < -0.39 is 0 Å². The molecule has 190 valence electrons. The maximum Gasteiger partial charge on any atom is 0.222 e. The predicted octanol–water partition coefficient (Wildman–Crippen LogP) is 9.05. The Morgan fingerprint density at radius 2 is 1.63 bits per heavy atom. The second-order valence-corrected chi connectivity index (χ2v) is 13.3. The van der Waals surface area contributed by atoms with Crippen LogP contribution in [0.5, 0.6) is 0 Å². The molecule has 0 bridgehead atoms. The second-order valence-electron chi connectivity index (χ2n) is 13.3. The number of aryl methyl sites for hydroxylation is 1. The number of nitrogens with zero attached hydrogens (tertiary/aromatic N) is 1. The monoisotopic (exact) mass is 496 g/mol. The van der Waals surface area contributed by atoms with Crippen molar-refractivity contribution in [2.45, 2.75) is 77.7 Å². The minimum absolute atomic E-state index is 0.0608. The van der Waals surface area contributed by atoms with Crippen molar-refractivity contribution in [2.75, 3.05) is 0 Å². The summed E-state index contributed by atoms with van der Waals surface area (Å²) in [4.78, 5) is 0. The van der Waals surface area contributed by atoms with Gasteiger partial charge in [-0.25, -0.2) is 0 Å². The highest BCUT2D eigenvalue weighted by Crippen LogP contribution is 2.60. The van der Waals surface area contributed by atoms with E-state index in [0.717, 1.165) is 0 Å². The molecule has 2 heterocycles. The highest BCUT2D eigenvalue weighted by atomic mass is 15.1. The number of benzene rings is 3. The first-order valence-corrected chi connectivity index (χ1v) is 14.8. The van der Waals surface area contributed by atoms with E-state index in [4.69, 9.17) is 0 Å². The summed E-state index contributed by atoms with van der Waals surface area (Å²) in [5.41, 5.74) is 11.6. The average molecular weight is 497 g/mol. The zero-order valence-electron chi connectivity index (χ0n) is 23.5. The van der Waals surface area contributed by atoms with Crippen LogP contribution in [0.1, 0.15) is 82.1 Å². The van der Waals surface area contributed by atoms with Crippen LogP contribution >= 0.6 is 0 Å². The summed E-state index contributed by atoms with van der Waals surface area (Å²) in [6, 6.07) is 19.0. The number of hydrogen-bond acceptors (Lipinski definition) is 0. The molecule has 1 spiro atoms. The van der Waals surface area contributed by atoms with E-state index in [1.807, 2.05) is 0 Å². The van der Waals surface area contributed by atoms with Crippen LogP contribution in [0.25, 0.3) is 32.8 Å². The molecule has 0 radical (unpaired) electrons. The molecular weight excluding hydrogens is 458 g/mol. The Labute approximate surface area is 226 Å². The first-order valence-electron chi connectivity index (χ1n) is 14.8. The molecule has 1 aromatic heterocycles. The fraction of sp³-hybridized carbons (Fsp3) is 0.378. The fourth-order valence-corrected chi connectivity index (χ4v) is 9.29. The average Bonchev–Trinajstić information content (AvgIpc) is 3.17. The van der Waals surface area contributed by atoms with Gasteiger partial charge in [-0.3, -0.25) is 0 Å². The molecule has 3 aliphatic carbocycles. The smallest absolute Gasteiger partial charge is 0.183 e. The molecule has 4 aromatic rings. The van der Waals surface area contributed by atoms with Gasteiger partial charge >= 0.3 is 0 Å². The third-order valence-corrected chi connectivity index (χ3v) is 10.6. The van der Waals surface area contributed by atoms with Gasteiger partial charge in [0.2, 0.25) is 11.2 Å². The van der Waals surface area contributed by atoms with Gasteiger partial charge in [-0.05, 0) is 84.5 Å². The first-order chi connectivity index (χ1) is 18.3. The van der Waals surface area contributed by atoms with Crippen LogP contribution in [0.15, 0.2) is 78.0 Å². The van der Waals surface area contributed by atoms with Crippen molar-refractivity contribution in [3.63, 3.8) is 0 Å². The van der Waals surface area contributed by atoms with Crippen LogP contribution in [0.4, 0.5) is 0 Å². The highest BCUT2D eigenvalue weighted by molar-refractivity contribution is 6.06. The molecule has 4 aliphatic rings. The topological polar surface area (TPSA) is 3.88 Å². The standard InChI is InChI=1S/C37H38N/c1-22-18-27-15-16-38-35-31(27)29(19-22)36(4,5)30-20-26-13-9-10-14-28(26)34(32(30)35)37(38)21-23(2)17-24(3)33(37)25-11-7-6-8-12-25/h9-10,13-21,25,33H,6-8,11-12H2,1-5H3/q+1. The number of fused-ring (bicyclic) bond motifs is 4. The molecule has 2 atom stereocenters. The summed E-state index contributed by atoms with van der Waals surface area (Å²) in [6.07, 6.45) is 14.4. The van der Waals surface area contributed by atoms with E-state index in [-0.39, 0.29) is 11.0 Å². The van der Waals surface area contributed by atoms with E-state index in [9.17, 15) is 0 Å². The van der Waals surface area contributed by atoms with Gasteiger partial charge in [-0.2, -0.15) is 4.57 Å². The quantitative estimate of drug-likeness (QED) is 0.231. The molecular formula is C37H38N+. The van der Waals surface area contributed by atoms with Gasteiger partial charge in [0.25, 0.3) is 0 Å². The van der Waals surface area contributed by atoms with Gasteiger partial charge in [-0.1, -0.05) is 86.7 Å². The minimum atomic E-state index is -0.192. The summed E-state index contributed by atoms with van der Waals surface area (Å²) in [5, 5.41) is 5.69. The summed E-state index contributed by atoms with van der Waals surface area (Å²) in [6.45, 7) is 11.9. The van der Waals surface area contributed by atoms with Gasteiger partial charge in [0.1, 0.15) is 0 Å². The first kappa shape index (κ1) is 22.8. The summed E-state index contributed by atoms with van der Waals surface area (Å²) >= 11 is 0. The van der Waals surface area contributed by atoms with Crippen molar-refractivity contribution in [2.24, 2.45) is 11.8 Å². The Bertz CT molecular complexity index is 1760. The number of aromatic nitrogens is 1.